The molecule has 0 bridgehead atoms. The molecule has 21 heavy (non-hydrogen) atoms. The molecule has 0 unspecified atom stereocenters. The van der Waals surface area contributed by atoms with Crippen LogP contribution in [0.5, 0.6) is 0 Å². The number of hydrogen-bond donors (Lipinski definition) is 1. The molecule has 8 heteroatoms. The summed E-state index contributed by atoms with van der Waals surface area (Å²) in [4.78, 5) is 13.9. The number of benzene rings is 1. The SMILES string of the molecule is C[C@H](C[S@@](C)=O)N(C)C(=O)Nc1ccc(SC(F)F)cc1. The third-order valence-electron chi connectivity index (χ3n) is 2.79. The lowest BCUT2D eigenvalue weighted by atomic mass is 10.3. The summed E-state index contributed by atoms with van der Waals surface area (Å²) in [5, 5.41) is 2.67. The zero-order valence-electron chi connectivity index (χ0n) is 12.0. The molecule has 1 N–H and O–H groups in total. The molecule has 0 aliphatic carbocycles. The minimum atomic E-state index is -2.47. The third-order valence-corrected chi connectivity index (χ3v) is 4.46. The fourth-order valence-corrected chi connectivity index (χ4v) is 2.98. The van der Waals surface area contributed by atoms with Crippen LogP contribution < -0.4 is 5.32 Å². The molecule has 0 aliphatic rings. The van der Waals surface area contributed by atoms with Crippen LogP contribution in [0.2, 0.25) is 0 Å². The van der Waals surface area contributed by atoms with Crippen LogP contribution in [0, 0.1) is 0 Å². The molecule has 0 saturated carbocycles. The number of carbonyl (C=O) groups is 1. The summed E-state index contributed by atoms with van der Waals surface area (Å²) in [6.45, 7) is 1.81. The number of hydrogen-bond acceptors (Lipinski definition) is 3. The van der Waals surface area contributed by atoms with E-state index in [2.05, 4.69) is 5.32 Å². The summed E-state index contributed by atoms with van der Waals surface area (Å²) in [5.74, 6) is -2.07. The molecule has 0 aliphatic heterocycles. The molecule has 1 aromatic rings. The van der Waals surface area contributed by atoms with Crippen LogP contribution in [0.4, 0.5) is 19.3 Å². The maximum Gasteiger partial charge on any atom is 0.321 e. The van der Waals surface area contributed by atoms with Gasteiger partial charge in [0.05, 0.1) is 0 Å². The molecule has 0 fully saturated rings. The highest BCUT2D eigenvalue weighted by Crippen LogP contribution is 2.26. The monoisotopic (exact) mass is 336 g/mol. The summed E-state index contributed by atoms with van der Waals surface area (Å²) < 4.78 is 35.5. The molecular formula is C13H18F2N2O2S2. The third kappa shape index (κ3) is 6.43. The minimum Gasteiger partial charge on any atom is -0.324 e. The Hall–Kier alpha value is -1.15. The molecule has 0 spiro atoms. The number of urea groups is 1. The number of rotatable bonds is 6. The average Bonchev–Trinajstić information content (AvgIpc) is 2.38. The lowest BCUT2D eigenvalue weighted by Crippen LogP contribution is -2.40. The first-order valence-corrected chi connectivity index (χ1v) is 8.79. The Bertz CT molecular complexity index is 497. The van der Waals surface area contributed by atoms with Crippen molar-refractivity contribution in [2.75, 3.05) is 24.4 Å². The molecule has 1 aromatic carbocycles. The molecule has 4 nitrogen and oxygen atoms in total. The Labute approximate surface area is 129 Å². The van der Waals surface area contributed by atoms with Gasteiger partial charge in [0.1, 0.15) is 0 Å². The van der Waals surface area contributed by atoms with Crippen molar-refractivity contribution in [3.63, 3.8) is 0 Å². The van der Waals surface area contributed by atoms with Crippen molar-refractivity contribution in [3.8, 4) is 0 Å². The van der Waals surface area contributed by atoms with E-state index in [4.69, 9.17) is 0 Å². The summed E-state index contributed by atoms with van der Waals surface area (Å²) in [6.07, 6.45) is 1.58. The predicted octanol–water partition coefficient (Wildman–Crippen LogP) is 3.23. The normalized spacial score (nSPS) is 13.8. The van der Waals surface area contributed by atoms with E-state index in [9.17, 15) is 17.8 Å². The number of nitrogens with zero attached hydrogens (tertiary/aromatic N) is 1. The van der Waals surface area contributed by atoms with Crippen LogP contribution >= 0.6 is 11.8 Å². The van der Waals surface area contributed by atoms with Crippen LogP contribution in [-0.2, 0) is 10.8 Å². The fraction of sp³-hybridized carbons (Fsp3) is 0.462. The van der Waals surface area contributed by atoms with Gasteiger partial charge in [-0.1, -0.05) is 11.8 Å². The second-order valence-electron chi connectivity index (χ2n) is 4.53. The maximum absolute atomic E-state index is 12.2. The van der Waals surface area contributed by atoms with Gasteiger partial charge >= 0.3 is 6.03 Å². The summed E-state index contributed by atoms with van der Waals surface area (Å²) in [7, 11) is 0.635. The van der Waals surface area contributed by atoms with E-state index in [0.717, 1.165) is 0 Å². The van der Waals surface area contributed by atoms with E-state index < -0.39 is 16.6 Å². The Morgan fingerprint density at radius 1 is 1.38 bits per heavy atom. The molecule has 1 rings (SSSR count). The average molecular weight is 336 g/mol. The summed E-state index contributed by atoms with van der Waals surface area (Å²) in [5.41, 5.74) is 0.523. The molecular weight excluding hydrogens is 318 g/mol. The molecule has 0 aromatic heterocycles. The lowest BCUT2D eigenvalue weighted by molar-refractivity contribution is 0.212. The van der Waals surface area contributed by atoms with Crippen LogP contribution in [0.25, 0.3) is 0 Å². The molecule has 118 valence electrons. The van der Waals surface area contributed by atoms with Gasteiger partial charge in [-0.05, 0) is 31.2 Å². The van der Waals surface area contributed by atoms with Crippen LogP contribution in [-0.4, -0.2) is 46.0 Å². The predicted molar refractivity (Wildman–Crippen MR) is 83.5 cm³/mol. The number of thioether (sulfide) groups is 1. The summed E-state index contributed by atoms with van der Waals surface area (Å²) in [6, 6.07) is 5.69. The molecule has 2 amide bonds. The largest absolute Gasteiger partial charge is 0.324 e. The van der Waals surface area contributed by atoms with Gasteiger partial charge in [-0.25, -0.2) is 4.79 Å². The van der Waals surface area contributed by atoms with Gasteiger partial charge < -0.3 is 10.2 Å². The number of carbonyl (C=O) groups excluding carboxylic acids is 1. The van der Waals surface area contributed by atoms with E-state index in [0.29, 0.717) is 28.1 Å². The highest BCUT2D eigenvalue weighted by atomic mass is 32.2. The second-order valence-corrected chi connectivity index (χ2v) is 7.08. The first-order valence-electron chi connectivity index (χ1n) is 6.18. The first kappa shape index (κ1) is 17.9. The Morgan fingerprint density at radius 2 is 1.95 bits per heavy atom. The smallest absolute Gasteiger partial charge is 0.321 e. The Balaban J connectivity index is 2.59. The van der Waals surface area contributed by atoms with Gasteiger partial charge in [0.25, 0.3) is 5.76 Å². The zero-order chi connectivity index (χ0) is 16.0. The topological polar surface area (TPSA) is 49.4 Å². The fourth-order valence-electron chi connectivity index (χ4n) is 1.58. The number of amides is 2. The number of halogens is 2. The van der Waals surface area contributed by atoms with Crippen molar-refractivity contribution < 1.29 is 17.8 Å². The quantitative estimate of drug-likeness (QED) is 0.812. The number of alkyl halides is 2. The van der Waals surface area contributed by atoms with E-state index in [1.807, 2.05) is 6.92 Å². The van der Waals surface area contributed by atoms with Gasteiger partial charge in [-0.15, -0.1) is 0 Å². The first-order chi connectivity index (χ1) is 9.79. The van der Waals surface area contributed by atoms with Gasteiger partial charge in [-0.3, -0.25) is 4.21 Å². The highest BCUT2D eigenvalue weighted by Gasteiger charge is 2.16. The van der Waals surface area contributed by atoms with Crippen molar-refractivity contribution in [2.24, 2.45) is 0 Å². The standard InChI is InChI=1S/C13H18F2N2O2S2/c1-9(8-21(3)19)17(2)13(18)16-10-4-6-11(7-5-10)20-12(14)15/h4-7,9,12H,8H2,1-3H3,(H,16,18)/t9-,21-/m1/s1. The van der Waals surface area contributed by atoms with Crippen molar-refractivity contribution in [1.29, 1.82) is 0 Å². The van der Waals surface area contributed by atoms with Gasteiger partial charge in [0, 0.05) is 46.5 Å². The Kier molecular flexibility index (Phi) is 7.10. The molecule has 0 saturated heterocycles. The van der Waals surface area contributed by atoms with Crippen LogP contribution in [0.1, 0.15) is 6.92 Å². The number of anilines is 1. The van der Waals surface area contributed by atoms with Gasteiger partial charge in [0.15, 0.2) is 0 Å². The van der Waals surface area contributed by atoms with Crippen LogP contribution in [0.3, 0.4) is 0 Å². The summed E-state index contributed by atoms with van der Waals surface area (Å²) >= 11 is 0.454. The molecule has 2 atom stereocenters. The van der Waals surface area contributed by atoms with E-state index in [1.54, 1.807) is 25.4 Å². The molecule has 0 heterocycles. The molecule has 0 radical (unpaired) electrons. The van der Waals surface area contributed by atoms with E-state index in [1.165, 1.54) is 17.0 Å². The van der Waals surface area contributed by atoms with Crippen molar-refractivity contribution in [1.82, 2.24) is 4.90 Å². The van der Waals surface area contributed by atoms with Gasteiger partial charge in [0.2, 0.25) is 0 Å². The Morgan fingerprint density at radius 3 is 2.43 bits per heavy atom. The number of nitrogens with one attached hydrogen (secondary N) is 1. The van der Waals surface area contributed by atoms with Crippen molar-refractivity contribution in [2.45, 2.75) is 23.6 Å². The highest BCUT2D eigenvalue weighted by molar-refractivity contribution is 7.99. The van der Waals surface area contributed by atoms with Gasteiger partial charge in [-0.2, -0.15) is 8.78 Å². The van der Waals surface area contributed by atoms with E-state index in [-0.39, 0.29) is 12.1 Å². The van der Waals surface area contributed by atoms with E-state index >= 15 is 0 Å². The minimum absolute atomic E-state index is 0.163. The second kappa shape index (κ2) is 8.33. The van der Waals surface area contributed by atoms with Crippen molar-refractivity contribution in [3.05, 3.63) is 24.3 Å². The zero-order valence-corrected chi connectivity index (χ0v) is 13.6. The lowest BCUT2D eigenvalue weighted by Gasteiger charge is -2.24. The van der Waals surface area contributed by atoms with Crippen molar-refractivity contribution >= 4 is 34.3 Å². The van der Waals surface area contributed by atoms with Crippen LogP contribution in [0.15, 0.2) is 29.2 Å². The maximum atomic E-state index is 12.2.